The molecule has 5 rings (SSSR count). The summed E-state index contributed by atoms with van der Waals surface area (Å²) in [4.78, 5) is 36.6. The van der Waals surface area contributed by atoms with Crippen LogP contribution in [0.25, 0.3) is 11.2 Å². The summed E-state index contributed by atoms with van der Waals surface area (Å²) >= 11 is 0. The fourth-order valence-corrected chi connectivity index (χ4v) is 6.19. The molecule has 154 valence electrons. The average molecular weight is 396 g/mol. The molecule has 2 aliphatic carbocycles. The van der Waals surface area contributed by atoms with Gasteiger partial charge in [-0.15, -0.1) is 0 Å². The van der Waals surface area contributed by atoms with E-state index in [-0.39, 0.29) is 23.2 Å². The van der Waals surface area contributed by atoms with Crippen LogP contribution in [0.15, 0.2) is 18.6 Å². The number of rotatable bonds is 3. The zero-order valence-corrected chi connectivity index (χ0v) is 17.4. The molecule has 3 aliphatic rings. The Morgan fingerprint density at radius 2 is 1.97 bits per heavy atom. The maximum absolute atomic E-state index is 13.2. The molecule has 7 heteroatoms. The normalized spacial score (nSPS) is 28.4. The van der Waals surface area contributed by atoms with Crippen LogP contribution in [0.2, 0.25) is 0 Å². The van der Waals surface area contributed by atoms with Crippen molar-refractivity contribution in [3.63, 3.8) is 0 Å². The molecule has 0 spiro atoms. The molecular formula is C22H28N4O3. The molecule has 1 amide bonds. The highest BCUT2D eigenvalue weighted by molar-refractivity contribution is 5.97. The summed E-state index contributed by atoms with van der Waals surface area (Å²) in [5.41, 5.74) is 1.62. The fraction of sp³-hybridized carbons (Fsp3) is 0.636. The second-order valence-electron chi connectivity index (χ2n) is 9.71. The lowest BCUT2D eigenvalue weighted by Gasteiger charge is -2.54. The van der Waals surface area contributed by atoms with Crippen LogP contribution >= 0.6 is 0 Å². The largest absolute Gasteiger partial charge is 0.469 e. The standard InChI is InChI=1S/C22H28N4O3/c1-21(2)11-22(20(28)29-3)12-25(10-17(21)22)19(27)14-8-16-18(23-9-14)26(13-24-16)15-6-4-5-7-15/h8-9,13,15,17H,4-7,10-12H2,1-3H3/t17-,22+/m1/s1. The van der Waals surface area contributed by atoms with Crippen LogP contribution in [0.3, 0.4) is 0 Å². The molecule has 0 unspecified atom stereocenters. The van der Waals surface area contributed by atoms with Gasteiger partial charge >= 0.3 is 5.97 Å². The Kier molecular flexibility index (Phi) is 4.02. The van der Waals surface area contributed by atoms with E-state index in [0.29, 0.717) is 24.7 Å². The van der Waals surface area contributed by atoms with Crippen molar-refractivity contribution in [2.45, 2.75) is 52.0 Å². The number of imidazole rings is 1. The third-order valence-electron chi connectivity index (χ3n) is 7.51. The van der Waals surface area contributed by atoms with Crippen LogP contribution in [0.5, 0.6) is 0 Å². The number of ether oxygens (including phenoxy) is 1. The summed E-state index contributed by atoms with van der Waals surface area (Å²) in [5.74, 6) is -0.144. The van der Waals surface area contributed by atoms with Crippen LogP contribution in [0.1, 0.15) is 62.4 Å². The van der Waals surface area contributed by atoms with Crippen LogP contribution in [0, 0.1) is 16.7 Å². The monoisotopic (exact) mass is 396 g/mol. The van der Waals surface area contributed by atoms with Crippen molar-refractivity contribution in [3.05, 3.63) is 24.2 Å². The summed E-state index contributed by atoms with van der Waals surface area (Å²) in [6, 6.07) is 2.30. The molecule has 0 radical (unpaired) electrons. The van der Waals surface area contributed by atoms with Gasteiger partial charge in [0.05, 0.1) is 24.4 Å². The quantitative estimate of drug-likeness (QED) is 0.745. The number of carbonyl (C=O) groups excluding carboxylic acids is 2. The van der Waals surface area contributed by atoms with E-state index >= 15 is 0 Å². The number of esters is 1. The number of nitrogens with zero attached hydrogens (tertiary/aromatic N) is 4. The predicted molar refractivity (Wildman–Crippen MR) is 107 cm³/mol. The number of pyridine rings is 1. The highest BCUT2D eigenvalue weighted by Crippen LogP contribution is 2.63. The van der Waals surface area contributed by atoms with E-state index in [1.807, 2.05) is 12.4 Å². The van der Waals surface area contributed by atoms with Crippen LogP contribution in [-0.4, -0.2) is 51.5 Å². The molecule has 0 bridgehead atoms. The summed E-state index contributed by atoms with van der Waals surface area (Å²) in [6.07, 6.45) is 9.08. The molecule has 3 heterocycles. The number of hydrogen-bond donors (Lipinski definition) is 0. The maximum Gasteiger partial charge on any atom is 0.314 e. The van der Waals surface area contributed by atoms with Gasteiger partial charge < -0.3 is 14.2 Å². The first-order valence-corrected chi connectivity index (χ1v) is 10.6. The van der Waals surface area contributed by atoms with Gasteiger partial charge in [0, 0.05) is 25.3 Å². The summed E-state index contributed by atoms with van der Waals surface area (Å²) in [6.45, 7) is 5.32. The Morgan fingerprint density at radius 1 is 1.21 bits per heavy atom. The first kappa shape index (κ1) is 18.6. The predicted octanol–water partition coefficient (Wildman–Crippen LogP) is 3.21. The summed E-state index contributed by atoms with van der Waals surface area (Å²) < 4.78 is 7.25. The lowest BCUT2D eigenvalue weighted by molar-refractivity contribution is -0.174. The van der Waals surface area contributed by atoms with Gasteiger partial charge in [-0.3, -0.25) is 9.59 Å². The molecular weight excluding hydrogens is 368 g/mol. The fourth-order valence-electron chi connectivity index (χ4n) is 6.19. The zero-order chi connectivity index (χ0) is 20.4. The van der Waals surface area contributed by atoms with Crippen LogP contribution in [0.4, 0.5) is 0 Å². The average Bonchev–Trinajstić information content (AvgIpc) is 3.43. The number of aromatic nitrogens is 3. The minimum absolute atomic E-state index is 0.0332. The highest BCUT2D eigenvalue weighted by Gasteiger charge is 2.68. The van der Waals surface area contributed by atoms with Gasteiger partial charge in [0.1, 0.15) is 5.52 Å². The molecule has 0 N–H and O–H groups in total. The van der Waals surface area contributed by atoms with Gasteiger partial charge in [-0.05, 0) is 36.7 Å². The number of carbonyl (C=O) groups is 2. The molecule has 1 aliphatic heterocycles. The zero-order valence-electron chi connectivity index (χ0n) is 17.4. The van der Waals surface area contributed by atoms with Crippen molar-refractivity contribution >= 4 is 23.0 Å². The van der Waals surface area contributed by atoms with E-state index in [0.717, 1.165) is 30.4 Å². The van der Waals surface area contributed by atoms with Crippen LogP contribution < -0.4 is 0 Å². The van der Waals surface area contributed by atoms with Gasteiger partial charge in [-0.1, -0.05) is 26.7 Å². The molecule has 1 saturated heterocycles. The van der Waals surface area contributed by atoms with E-state index in [9.17, 15) is 9.59 Å². The summed E-state index contributed by atoms with van der Waals surface area (Å²) in [5, 5.41) is 0. The Hall–Kier alpha value is -2.44. The molecule has 7 nitrogen and oxygen atoms in total. The molecule has 2 saturated carbocycles. The molecule has 29 heavy (non-hydrogen) atoms. The minimum Gasteiger partial charge on any atom is -0.469 e. The molecule has 3 fully saturated rings. The van der Waals surface area contributed by atoms with E-state index in [1.165, 1.54) is 20.0 Å². The molecule has 2 aromatic rings. The van der Waals surface area contributed by atoms with E-state index < -0.39 is 5.41 Å². The number of methoxy groups -OCH3 is 1. The van der Waals surface area contributed by atoms with Gasteiger partial charge in [0.25, 0.3) is 5.91 Å². The Bertz CT molecular complexity index is 991. The minimum atomic E-state index is -0.560. The van der Waals surface area contributed by atoms with Crippen molar-refractivity contribution < 1.29 is 14.3 Å². The first-order valence-electron chi connectivity index (χ1n) is 10.6. The van der Waals surface area contributed by atoms with Gasteiger partial charge in [0.15, 0.2) is 5.65 Å². The topological polar surface area (TPSA) is 77.3 Å². The lowest BCUT2D eigenvalue weighted by Crippen LogP contribution is -2.57. The number of fused-ring (bicyclic) bond motifs is 2. The molecule has 0 aromatic carbocycles. The molecule has 2 atom stereocenters. The van der Waals surface area contributed by atoms with Crippen LogP contribution in [-0.2, 0) is 9.53 Å². The van der Waals surface area contributed by atoms with Crippen molar-refractivity contribution in [3.8, 4) is 0 Å². The van der Waals surface area contributed by atoms with Crippen molar-refractivity contribution in [2.24, 2.45) is 16.7 Å². The second-order valence-corrected chi connectivity index (χ2v) is 9.71. The number of likely N-dealkylation sites (tertiary alicyclic amines) is 1. The SMILES string of the molecule is COC(=O)[C@@]12CN(C(=O)c3cnc4c(c3)ncn4C3CCCC3)C[C@@H]1C(C)(C)C2. The van der Waals surface area contributed by atoms with Gasteiger partial charge in [0.2, 0.25) is 0 Å². The highest BCUT2D eigenvalue weighted by atomic mass is 16.5. The lowest BCUT2D eigenvalue weighted by atomic mass is 9.48. The second kappa shape index (κ2) is 6.28. The van der Waals surface area contributed by atoms with Crippen molar-refractivity contribution in [2.75, 3.05) is 20.2 Å². The molecule has 2 aromatic heterocycles. The Morgan fingerprint density at radius 3 is 2.66 bits per heavy atom. The smallest absolute Gasteiger partial charge is 0.314 e. The van der Waals surface area contributed by atoms with E-state index in [4.69, 9.17) is 4.74 Å². The van der Waals surface area contributed by atoms with Gasteiger partial charge in [-0.25, -0.2) is 9.97 Å². The van der Waals surface area contributed by atoms with Crippen molar-refractivity contribution in [1.29, 1.82) is 0 Å². The third-order valence-corrected chi connectivity index (χ3v) is 7.51. The Labute approximate surface area is 170 Å². The van der Waals surface area contributed by atoms with E-state index in [2.05, 4.69) is 28.4 Å². The van der Waals surface area contributed by atoms with Crippen molar-refractivity contribution in [1.82, 2.24) is 19.4 Å². The Balaban J connectivity index is 1.41. The van der Waals surface area contributed by atoms with Gasteiger partial charge in [-0.2, -0.15) is 0 Å². The maximum atomic E-state index is 13.2. The number of amides is 1. The van der Waals surface area contributed by atoms with E-state index in [1.54, 1.807) is 11.1 Å². The number of hydrogen-bond acceptors (Lipinski definition) is 5. The first-order chi connectivity index (χ1) is 13.9. The summed E-state index contributed by atoms with van der Waals surface area (Å²) in [7, 11) is 1.43. The third kappa shape index (κ3) is 2.62.